The Morgan fingerprint density at radius 1 is 0.941 bits per heavy atom. The number of allylic oxidation sites excluding steroid dienone is 2. The standard InChI is InChI=1S/C26H33F3O3.C2H4/c1-16(14-24(27)17(2)31-3)32-15-18-4-6-19(7-5-18)22-12-13-23(26(29)25(22)28)20-8-10-21(30)11-9-20;1-2/h12-14,18-21,30H,1-2,4-11,15H2,3H3;1-2H2/b24-14+;. The highest BCUT2D eigenvalue weighted by molar-refractivity contribution is 5.32. The van der Waals surface area contributed by atoms with Crippen molar-refractivity contribution in [3.8, 4) is 0 Å². The summed E-state index contributed by atoms with van der Waals surface area (Å²) >= 11 is 0. The highest BCUT2D eigenvalue weighted by atomic mass is 19.2. The van der Waals surface area contributed by atoms with E-state index in [1.54, 1.807) is 12.1 Å². The zero-order chi connectivity index (χ0) is 25.3. The molecule has 1 N–H and O–H groups in total. The number of halogens is 3. The fourth-order valence-electron chi connectivity index (χ4n) is 4.82. The number of aliphatic hydroxyl groups excluding tert-OH is 1. The second-order valence-electron chi connectivity index (χ2n) is 8.99. The molecule has 0 radical (unpaired) electrons. The Bertz CT molecular complexity index is 864. The molecule has 2 aliphatic carbocycles. The Morgan fingerprint density at radius 2 is 1.41 bits per heavy atom. The van der Waals surface area contributed by atoms with E-state index < -0.39 is 17.5 Å². The van der Waals surface area contributed by atoms with Gasteiger partial charge in [0.05, 0.1) is 19.8 Å². The van der Waals surface area contributed by atoms with Crippen LogP contribution in [-0.2, 0) is 9.47 Å². The second-order valence-corrected chi connectivity index (χ2v) is 8.99. The minimum atomic E-state index is -0.725. The number of ether oxygens (including phenoxy) is 2. The average Bonchev–Trinajstić information content (AvgIpc) is 2.86. The van der Waals surface area contributed by atoms with Crippen LogP contribution in [0.3, 0.4) is 0 Å². The molecule has 0 heterocycles. The van der Waals surface area contributed by atoms with Crippen LogP contribution in [0.15, 0.2) is 61.9 Å². The molecule has 6 heteroatoms. The Kier molecular flexibility index (Phi) is 11.0. The molecule has 0 unspecified atom stereocenters. The Morgan fingerprint density at radius 3 is 1.88 bits per heavy atom. The maximum absolute atomic E-state index is 14.9. The number of rotatable bonds is 8. The normalized spacial score (nSPS) is 25.0. The molecule has 0 aromatic heterocycles. The van der Waals surface area contributed by atoms with Gasteiger partial charge >= 0.3 is 0 Å². The van der Waals surface area contributed by atoms with Crippen molar-refractivity contribution in [2.24, 2.45) is 5.92 Å². The van der Waals surface area contributed by atoms with Crippen LogP contribution in [0, 0.1) is 17.6 Å². The van der Waals surface area contributed by atoms with Gasteiger partial charge in [-0.25, -0.2) is 13.2 Å². The highest BCUT2D eigenvalue weighted by Crippen LogP contribution is 2.40. The SMILES string of the molecule is C=C.C=C(/C=C(/F)C(=C)OC)OCC1CCC(c2ccc(C3CCC(O)CC3)c(F)c2F)CC1. The molecule has 3 nitrogen and oxygen atoms in total. The lowest BCUT2D eigenvalue weighted by Gasteiger charge is -2.30. The topological polar surface area (TPSA) is 38.7 Å². The van der Waals surface area contributed by atoms with Gasteiger partial charge in [-0.15, -0.1) is 13.2 Å². The van der Waals surface area contributed by atoms with E-state index in [1.165, 1.54) is 7.11 Å². The molecule has 188 valence electrons. The predicted molar refractivity (Wildman–Crippen MR) is 130 cm³/mol. The third-order valence-electron chi connectivity index (χ3n) is 6.87. The summed E-state index contributed by atoms with van der Waals surface area (Å²) in [6, 6.07) is 3.49. The fourth-order valence-corrected chi connectivity index (χ4v) is 4.82. The van der Waals surface area contributed by atoms with Crippen molar-refractivity contribution in [3.63, 3.8) is 0 Å². The van der Waals surface area contributed by atoms with Gasteiger partial charge in [0.15, 0.2) is 17.5 Å². The third-order valence-corrected chi connectivity index (χ3v) is 6.87. The molecule has 0 spiro atoms. The van der Waals surface area contributed by atoms with Crippen LogP contribution in [0.5, 0.6) is 0 Å². The monoisotopic (exact) mass is 478 g/mol. The third kappa shape index (κ3) is 7.26. The maximum Gasteiger partial charge on any atom is 0.168 e. The van der Waals surface area contributed by atoms with Gasteiger partial charge in [0.2, 0.25) is 0 Å². The molecule has 1 aromatic rings. The van der Waals surface area contributed by atoms with Crippen molar-refractivity contribution in [3.05, 3.63) is 84.6 Å². The van der Waals surface area contributed by atoms with Gasteiger partial charge in [-0.1, -0.05) is 25.3 Å². The minimum Gasteiger partial charge on any atom is -0.494 e. The molecule has 34 heavy (non-hydrogen) atoms. The van der Waals surface area contributed by atoms with Gasteiger partial charge in [-0.05, 0) is 80.2 Å². The fraction of sp³-hybridized carbons (Fsp3) is 0.500. The van der Waals surface area contributed by atoms with Gasteiger partial charge in [0, 0.05) is 6.08 Å². The van der Waals surface area contributed by atoms with Crippen LogP contribution in [0.2, 0.25) is 0 Å². The zero-order valence-electron chi connectivity index (χ0n) is 20.1. The second kappa shape index (κ2) is 13.4. The summed E-state index contributed by atoms with van der Waals surface area (Å²) < 4.78 is 53.8. The lowest BCUT2D eigenvalue weighted by atomic mass is 9.77. The Balaban J connectivity index is 0.00000199. The van der Waals surface area contributed by atoms with Crippen molar-refractivity contribution in [2.75, 3.05) is 13.7 Å². The van der Waals surface area contributed by atoms with Gasteiger partial charge in [0.1, 0.15) is 11.5 Å². The summed E-state index contributed by atoms with van der Waals surface area (Å²) in [5.74, 6) is -1.76. The van der Waals surface area contributed by atoms with E-state index in [2.05, 4.69) is 26.3 Å². The van der Waals surface area contributed by atoms with Gasteiger partial charge < -0.3 is 14.6 Å². The van der Waals surface area contributed by atoms with Crippen molar-refractivity contribution in [2.45, 2.75) is 69.3 Å². The number of hydrogen-bond acceptors (Lipinski definition) is 3. The van der Waals surface area contributed by atoms with E-state index in [0.29, 0.717) is 43.4 Å². The summed E-state index contributed by atoms with van der Waals surface area (Å²) in [5.41, 5.74) is 0.893. The number of hydrogen-bond donors (Lipinski definition) is 1. The summed E-state index contributed by atoms with van der Waals surface area (Å²) in [6.07, 6.45) is 6.59. The molecule has 0 aliphatic heterocycles. The first-order valence-electron chi connectivity index (χ1n) is 11.9. The van der Waals surface area contributed by atoms with E-state index in [9.17, 15) is 18.3 Å². The molecule has 0 bridgehead atoms. The van der Waals surface area contributed by atoms with Crippen LogP contribution in [0.25, 0.3) is 0 Å². The van der Waals surface area contributed by atoms with Crippen LogP contribution in [0.1, 0.15) is 74.3 Å². The van der Waals surface area contributed by atoms with E-state index in [1.807, 2.05) is 0 Å². The van der Waals surface area contributed by atoms with Gasteiger partial charge in [0.25, 0.3) is 0 Å². The molecule has 0 amide bonds. The van der Waals surface area contributed by atoms with Crippen LogP contribution in [0.4, 0.5) is 13.2 Å². The molecule has 2 saturated carbocycles. The molecule has 0 saturated heterocycles. The quantitative estimate of drug-likeness (QED) is 0.237. The Labute approximate surface area is 201 Å². The largest absolute Gasteiger partial charge is 0.494 e. The lowest BCUT2D eigenvalue weighted by molar-refractivity contribution is 0.122. The van der Waals surface area contributed by atoms with Crippen LogP contribution in [-0.4, -0.2) is 24.9 Å². The molecule has 1 aromatic carbocycles. The van der Waals surface area contributed by atoms with E-state index in [-0.39, 0.29) is 35.4 Å². The van der Waals surface area contributed by atoms with E-state index >= 15 is 0 Å². The molecule has 2 fully saturated rings. The number of aliphatic hydroxyl groups is 1. The van der Waals surface area contributed by atoms with E-state index in [0.717, 1.165) is 31.8 Å². The number of benzene rings is 1. The smallest absolute Gasteiger partial charge is 0.168 e. The van der Waals surface area contributed by atoms with E-state index in [4.69, 9.17) is 9.47 Å². The first kappa shape index (κ1) is 27.8. The molecular weight excluding hydrogens is 441 g/mol. The van der Waals surface area contributed by atoms with Gasteiger partial charge in [-0.3, -0.25) is 0 Å². The van der Waals surface area contributed by atoms with Crippen molar-refractivity contribution >= 4 is 0 Å². The molecule has 3 rings (SSSR count). The zero-order valence-corrected chi connectivity index (χ0v) is 20.1. The summed E-state index contributed by atoms with van der Waals surface area (Å²) in [6.45, 7) is 13.5. The lowest BCUT2D eigenvalue weighted by Crippen LogP contribution is -2.20. The van der Waals surface area contributed by atoms with Crippen molar-refractivity contribution in [1.29, 1.82) is 0 Å². The van der Waals surface area contributed by atoms with Crippen molar-refractivity contribution in [1.82, 2.24) is 0 Å². The predicted octanol–water partition coefficient (Wildman–Crippen LogP) is 7.60. The average molecular weight is 479 g/mol. The first-order chi connectivity index (χ1) is 16.3. The Hall–Kier alpha value is -2.47. The van der Waals surface area contributed by atoms with Crippen LogP contribution < -0.4 is 0 Å². The van der Waals surface area contributed by atoms with Crippen LogP contribution >= 0.6 is 0 Å². The highest BCUT2D eigenvalue weighted by Gasteiger charge is 2.29. The minimum absolute atomic E-state index is 0.0199. The molecular formula is C28H37F3O3. The van der Waals surface area contributed by atoms with Crippen molar-refractivity contribution < 1.29 is 27.8 Å². The maximum atomic E-state index is 14.9. The summed E-state index contributed by atoms with van der Waals surface area (Å²) in [4.78, 5) is 0. The molecule has 0 atom stereocenters. The van der Waals surface area contributed by atoms with Gasteiger partial charge in [-0.2, -0.15) is 0 Å². The first-order valence-corrected chi connectivity index (χ1v) is 11.9. The summed E-state index contributed by atoms with van der Waals surface area (Å²) in [5, 5.41) is 9.66. The molecule has 2 aliphatic rings. The summed E-state index contributed by atoms with van der Waals surface area (Å²) in [7, 11) is 1.33. The number of methoxy groups -OCH3 is 1.